The van der Waals surface area contributed by atoms with Crippen LogP contribution in [0.3, 0.4) is 0 Å². The van der Waals surface area contributed by atoms with Gasteiger partial charge in [-0.2, -0.15) is 4.98 Å². The largest absolute Gasteiger partial charge is 0.481 e. The van der Waals surface area contributed by atoms with Crippen molar-refractivity contribution in [1.82, 2.24) is 4.98 Å². The van der Waals surface area contributed by atoms with E-state index in [4.69, 9.17) is 9.47 Å². The Morgan fingerprint density at radius 3 is 2.61 bits per heavy atom. The highest BCUT2D eigenvalue weighted by Crippen LogP contribution is 2.27. The van der Waals surface area contributed by atoms with E-state index in [-0.39, 0.29) is 11.5 Å². The van der Waals surface area contributed by atoms with Crippen molar-refractivity contribution >= 4 is 11.5 Å². The van der Waals surface area contributed by atoms with Crippen molar-refractivity contribution in [3.63, 3.8) is 0 Å². The van der Waals surface area contributed by atoms with Crippen LogP contribution < -0.4 is 10.1 Å². The van der Waals surface area contributed by atoms with Crippen LogP contribution in [-0.2, 0) is 4.74 Å². The van der Waals surface area contributed by atoms with Crippen molar-refractivity contribution in [3.05, 3.63) is 22.2 Å². The molecule has 0 saturated heterocycles. The highest BCUT2D eigenvalue weighted by Gasteiger charge is 2.24. The van der Waals surface area contributed by atoms with Gasteiger partial charge in [-0.05, 0) is 13.8 Å². The highest BCUT2D eigenvalue weighted by atomic mass is 16.6. The van der Waals surface area contributed by atoms with Crippen LogP contribution in [0.25, 0.3) is 0 Å². The Kier molecular flexibility index (Phi) is 4.43. The monoisotopic (exact) mass is 255 g/mol. The van der Waals surface area contributed by atoms with Crippen molar-refractivity contribution in [1.29, 1.82) is 0 Å². The van der Waals surface area contributed by atoms with Gasteiger partial charge >= 0.3 is 5.69 Å². The van der Waals surface area contributed by atoms with Gasteiger partial charge in [0.25, 0.3) is 0 Å². The SMILES string of the molecule is COCC(C)(C)Nc1nc(OC)ccc1[N+](=O)[O-]. The van der Waals surface area contributed by atoms with Crippen LogP contribution in [0, 0.1) is 10.1 Å². The van der Waals surface area contributed by atoms with E-state index in [2.05, 4.69) is 10.3 Å². The first-order valence-electron chi connectivity index (χ1n) is 5.36. The summed E-state index contributed by atoms with van der Waals surface area (Å²) >= 11 is 0. The van der Waals surface area contributed by atoms with Crippen molar-refractivity contribution < 1.29 is 14.4 Å². The van der Waals surface area contributed by atoms with E-state index in [0.717, 1.165) is 0 Å². The Hall–Kier alpha value is -1.89. The van der Waals surface area contributed by atoms with Crippen molar-refractivity contribution in [2.45, 2.75) is 19.4 Å². The highest BCUT2D eigenvalue weighted by molar-refractivity contribution is 5.58. The summed E-state index contributed by atoms with van der Waals surface area (Å²) in [5.41, 5.74) is -0.571. The summed E-state index contributed by atoms with van der Waals surface area (Å²) in [7, 11) is 3.02. The lowest BCUT2D eigenvalue weighted by molar-refractivity contribution is -0.384. The Bertz CT molecular complexity index is 434. The minimum Gasteiger partial charge on any atom is -0.481 e. The molecule has 0 radical (unpaired) electrons. The van der Waals surface area contributed by atoms with E-state index in [1.54, 1.807) is 7.11 Å². The number of nitro groups is 1. The molecule has 0 spiro atoms. The molecule has 0 aromatic carbocycles. The average Bonchev–Trinajstić information content (AvgIpc) is 2.27. The van der Waals surface area contributed by atoms with Crippen LogP contribution in [0.2, 0.25) is 0 Å². The standard InChI is InChI=1S/C11H17N3O4/c1-11(2,7-17-3)13-10-8(14(15)16)5-6-9(12-10)18-4/h5-6H,7H2,1-4H3,(H,12,13). The van der Waals surface area contributed by atoms with Crippen LogP contribution >= 0.6 is 0 Å². The maximum Gasteiger partial charge on any atom is 0.311 e. The van der Waals surface area contributed by atoms with Crippen molar-refractivity contribution in [2.24, 2.45) is 0 Å². The molecule has 0 atom stereocenters. The van der Waals surface area contributed by atoms with Crippen LogP contribution in [0.5, 0.6) is 5.88 Å². The van der Waals surface area contributed by atoms with Gasteiger partial charge in [-0.1, -0.05) is 0 Å². The molecular formula is C11H17N3O4. The summed E-state index contributed by atoms with van der Waals surface area (Å²) in [5, 5.41) is 13.9. The summed E-state index contributed by atoms with van der Waals surface area (Å²) in [6.07, 6.45) is 0. The van der Waals surface area contributed by atoms with Gasteiger partial charge in [-0.3, -0.25) is 10.1 Å². The molecule has 18 heavy (non-hydrogen) atoms. The summed E-state index contributed by atoms with van der Waals surface area (Å²) in [5.74, 6) is 0.484. The quantitative estimate of drug-likeness (QED) is 0.616. The lowest BCUT2D eigenvalue weighted by Gasteiger charge is -2.25. The van der Waals surface area contributed by atoms with Crippen molar-refractivity contribution in [2.75, 3.05) is 26.1 Å². The van der Waals surface area contributed by atoms with Crippen LogP contribution in [-0.4, -0.2) is 36.3 Å². The number of anilines is 1. The lowest BCUT2D eigenvalue weighted by atomic mass is 10.1. The first-order chi connectivity index (χ1) is 8.39. The number of hydrogen-bond donors (Lipinski definition) is 1. The molecule has 0 fully saturated rings. The second-order valence-corrected chi connectivity index (χ2v) is 4.42. The molecule has 100 valence electrons. The zero-order valence-corrected chi connectivity index (χ0v) is 10.9. The number of ether oxygens (including phenoxy) is 2. The molecule has 0 saturated carbocycles. The molecule has 7 nitrogen and oxygen atoms in total. The predicted molar refractivity (Wildman–Crippen MR) is 67.0 cm³/mol. The van der Waals surface area contributed by atoms with Gasteiger partial charge in [-0.15, -0.1) is 0 Å². The number of methoxy groups -OCH3 is 2. The first-order valence-corrected chi connectivity index (χ1v) is 5.36. The first kappa shape index (κ1) is 14.2. The topological polar surface area (TPSA) is 86.5 Å². The van der Waals surface area contributed by atoms with Crippen LogP contribution in [0.15, 0.2) is 12.1 Å². The molecule has 7 heteroatoms. The maximum atomic E-state index is 10.9. The fourth-order valence-corrected chi connectivity index (χ4v) is 1.50. The van der Waals surface area contributed by atoms with Gasteiger partial charge in [0.15, 0.2) is 0 Å². The normalized spacial score (nSPS) is 11.1. The molecule has 1 heterocycles. The van der Waals surface area contributed by atoms with Gasteiger partial charge in [0.2, 0.25) is 11.7 Å². The van der Waals surface area contributed by atoms with E-state index < -0.39 is 10.5 Å². The van der Waals surface area contributed by atoms with Gasteiger partial charge < -0.3 is 14.8 Å². The minimum atomic E-state index is -0.488. The molecule has 1 N–H and O–H groups in total. The molecule has 0 amide bonds. The van der Waals surface area contributed by atoms with Gasteiger partial charge in [-0.25, -0.2) is 0 Å². The average molecular weight is 255 g/mol. The Morgan fingerprint density at radius 2 is 2.11 bits per heavy atom. The second kappa shape index (κ2) is 5.63. The summed E-state index contributed by atoms with van der Waals surface area (Å²) < 4.78 is 10.0. The zero-order valence-electron chi connectivity index (χ0n) is 10.9. The number of hydrogen-bond acceptors (Lipinski definition) is 6. The molecule has 0 bridgehead atoms. The number of aromatic nitrogens is 1. The summed E-state index contributed by atoms with van der Waals surface area (Å²) in [4.78, 5) is 14.5. The molecule has 1 aromatic rings. The fraction of sp³-hybridized carbons (Fsp3) is 0.545. The van der Waals surface area contributed by atoms with E-state index >= 15 is 0 Å². The van der Waals surface area contributed by atoms with E-state index in [9.17, 15) is 10.1 Å². The van der Waals surface area contributed by atoms with Crippen LogP contribution in [0.1, 0.15) is 13.8 Å². The molecule has 0 unspecified atom stereocenters. The van der Waals surface area contributed by atoms with Crippen LogP contribution in [0.4, 0.5) is 11.5 Å². The molecular weight excluding hydrogens is 238 g/mol. The Labute approximate surface area is 105 Å². The van der Waals surface area contributed by atoms with Gasteiger partial charge in [0.05, 0.1) is 24.2 Å². The number of nitrogens with zero attached hydrogens (tertiary/aromatic N) is 2. The van der Waals surface area contributed by atoms with E-state index in [0.29, 0.717) is 12.5 Å². The molecule has 1 aromatic heterocycles. The second-order valence-electron chi connectivity index (χ2n) is 4.42. The third kappa shape index (κ3) is 3.56. The molecule has 0 aliphatic rings. The zero-order chi connectivity index (χ0) is 13.8. The minimum absolute atomic E-state index is 0.0972. The summed E-state index contributed by atoms with van der Waals surface area (Å²) in [6, 6.07) is 2.81. The number of pyridine rings is 1. The third-order valence-corrected chi connectivity index (χ3v) is 2.22. The number of rotatable bonds is 6. The van der Waals surface area contributed by atoms with Crippen molar-refractivity contribution in [3.8, 4) is 5.88 Å². The third-order valence-electron chi connectivity index (χ3n) is 2.22. The maximum absolute atomic E-state index is 10.9. The van der Waals surface area contributed by atoms with Gasteiger partial charge in [0, 0.05) is 19.2 Å². The lowest BCUT2D eigenvalue weighted by Crippen LogP contribution is -2.36. The fourth-order valence-electron chi connectivity index (χ4n) is 1.50. The molecule has 0 aliphatic carbocycles. The molecule has 1 rings (SSSR count). The number of nitrogens with one attached hydrogen (secondary N) is 1. The Morgan fingerprint density at radius 1 is 1.44 bits per heavy atom. The van der Waals surface area contributed by atoms with E-state index in [1.165, 1.54) is 19.2 Å². The van der Waals surface area contributed by atoms with Gasteiger partial charge in [0.1, 0.15) is 0 Å². The van der Waals surface area contributed by atoms with E-state index in [1.807, 2.05) is 13.8 Å². The molecule has 0 aliphatic heterocycles. The summed E-state index contributed by atoms with van der Waals surface area (Å²) in [6.45, 7) is 4.12. The Balaban J connectivity index is 3.08. The smallest absolute Gasteiger partial charge is 0.311 e. The predicted octanol–water partition coefficient (Wildman–Crippen LogP) is 1.84.